The first-order valence-electron chi connectivity index (χ1n) is 9.26. The second-order valence-electron chi connectivity index (χ2n) is 7.30. The number of rotatable bonds is 4. The van der Waals surface area contributed by atoms with Gasteiger partial charge >= 0.3 is 0 Å². The van der Waals surface area contributed by atoms with Gasteiger partial charge in [0.2, 0.25) is 0 Å². The Labute approximate surface area is 150 Å². The minimum Gasteiger partial charge on any atom is -0.359 e. The van der Waals surface area contributed by atoms with E-state index in [1.165, 1.54) is 24.2 Å². The van der Waals surface area contributed by atoms with Gasteiger partial charge in [0.25, 0.3) is 5.91 Å². The summed E-state index contributed by atoms with van der Waals surface area (Å²) in [6.07, 6.45) is 4.94. The molecule has 0 unspecified atom stereocenters. The Balaban J connectivity index is 1.45. The zero-order valence-electron chi connectivity index (χ0n) is 14.6. The number of carbonyl (C=O) groups excluding carboxylic acids is 1. The van der Waals surface area contributed by atoms with Crippen LogP contribution in [-0.2, 0) is 4.79 Å². The molecule has 3 rings (SSSR count). The van der Waals surface area contributed by atoms with Crippen LogP contribution in [0.25, 0.3) is 0 Å². The fraction of sp³-hybridized carbons (Fsp3) is 0.632. The van der Waals surface area contributed by atoms with Gasteiger partial charge in [-0.05, 0) is 30.9 Å². The van der Waals surface area contributed by atoms with Gasteiger partial charge in [-0.3, -0.25) is 4.79 Å². The first kappa shape index (κ1) is 17.6. The first-order valence-corrected chi connectivity index (χ1v) is 9.63. The van der Waals surface area contributed by atoms with Crippen LogP contribution < -0.4 is 15.1 Å². The summed E-state index contributed by atoms with van der Waals surface area (Å²) < 4.78 is 0. The zero-order valence-corrected chi connectivity index (χ0v) is 15.3. The van der Waals surface area contributed by atoms with E-state index in [2.05, 4.69) is 23.2 Å². The topological polar surface area (TPSA) is 36.8 Å². The number of benzene rings is 1. The van der Waals surface area contributed by atoms with Crippen molar-refractivity contribution in [3.8, 4) is 0 Å². The molecule has 2 atom stereocenters. The average Bonchev–Trinajstić information content (AvgIpc) is 2.58. The van der Waals surface area contributed by atoms with E-state index in [1.807, 2.05) is 18.2 Å². The predicted molar refractivity (Wildman–Crippen MR) is 98.8 cm³/mol. The monoisotopic (exact) mass is 350 g/mol. The molecule has 1 aromatic carbocycles. The fourth-order valence-corrected chi connectivity index (χ4v) is 4.22. The van der Waals surface area contributed by atoms with E-state index in [1.54, 1.807) is 0 Å². The molecule has 0 aromatic heterocycles. The number of nitrogens with zero attached hydrogens (tertiary/aromatic N) is 1. The van der Waals surface area contributed by atoms with Crippen LogP contribution in [0.5, 0.6) is 0 Å². The van der Waals surface area contributed by atoms with Crippen molar-refractivity contribution in [1.29, 1.82) is 0 Å². The molecular weight excluding hydrogens is 322 g/mol. The minimum absolute atomic E-state index is 0.218. The standard InChI is InChI=1S/C19H28ClN3O/c1-15-6-2-4-8-17(15)21-19(24)14-22-10-12-23(13-11-22)18-9-5-3-7-16(18)20/h3,5,7,9,15,17H,2,4,6,8,10-14H2,1H3,(H,21,24)/p+1/t15-,17-/m1/s1. The van der Waals surface area contributed by atoms with Crippen LogP contribution in [0.15, 0.2) is 24.3 Å². The van der Waals surface area contributed by atoms with E-state index < -0.39 is 0 Å². The van der Waals surface area contributed by atoms with E-state index in [9.17, 15) is 4.79 Å². The molecule has 2 fully saturated rings. The van der Waals surface area contributed by atoms with Crippen LogP contribution in [0.1, 0.15) is 32.6 Å². The van der Waals surface area contributed by atoms with Crippen molar-refractivity contribution in [2.24, 2.45) is 5.92 Å². The fourth-order valence-electron chi connectivity index (χ4n) is 3.96. The number of hydrogen-bond donors (Lipinski definition) is 2. The molecule has 1 saturated heterocycles. The van der Waals surface area contributed by atoms with Crippen molar-refractivity contribution in [3.05, 3.63) is 29.3 Å². The van der Waals surface area contributed by atoms with Gasteiger partial charge in [-0.1, -0.05) is 43.5 Å². The number of halogens is 1. The zero-order chi connectivity index (χ0) is 16.9. The summed E-state index contributed by atoms with van der Waals surface area (Å²) in [6, 6.07) is 8.39. The Kier molecular flexibility index (Phi) is 6.01. The highest BCUT2D eigenvalue weighted by atomic mass is 35.5. The number of anilines is 1. The van der Waals surface area contributed by atoms with Crippen LogP contribution in [-0.4, -0.2) is 44.7 Å². The number of amides is 1. The maximum absolute atomic E-state index is 12.4. The molecule has 2 aliphatic rings. The summed E-state index contributed by atoms with van der Waals surface area (Å²) in [7, 11) is 0. The number of nitrogens with one attached hydrogen (secondary N) is 2. The summed E-state index contributed by atoms with van der Waals surface area (Å²) >= 11 is 6.29. The maximum Gasteiger partial charge on any atom is 0.275 e. The molecular formula is C19H29ClN3O+. The van der Waals surface area contributed by atoms with Crippen molar-refractivity contribution in [2.75, 3.05) is 37.6 Å². The molecule has 5 heteroatoms. The number of para-hydroxylation sites is 1. The normalized spacial score (nSPS) is 25.5. The van der Waals surface area contributed by atoms with E-state index in [-0.39, 0.29) is 5.91 Å². The second-order valence-corrected chi connectivity index (χ2v) is 7.71. The van der Waals surface area contributed by atoms with Crippen molar-refractivity contribution in [2.45, 2.75) is 38.6 Å². The molecule has 1 aliphatic carbocycles. The SMILES string of the molecule is C[C@@H]1CCCC[C@H]1NC(=O)C[NH+]1CCN(c2ccccc2Cl)CC1. The van der Waals surface area contributed by atoms with E-state index in [0.29, 0.717) is 18.5 Å². The second kappa shape index (κ2) is 8.21. The Hall–Kier alpha value is -1.26. The first-order chi connectivity index (χ1) is 11.6. The van der Waals surface area contributed by atoms with Gasteiger partial charge in [-0.15, -0.1) is 0 Å². The summed E-state index contributed by atoms with van der Waals surface area (Å²) in [5.74, 6) is 0.838. The number of quaternary nitrogens is 1. The van der Waals surface area contributed by atoms with Crippen molar-refractivity contribution < 1.29 is 9.69 Å². The third-order valence-corrected chi connectivity index (χ3v) is 5.85. The van der Waals surface area contributed by atoms with E-state index >= 15 is 0 Å². The Morgan fingerprint density at radius 2 is 1.96 bits per heavy atom. The molecule has 2 N–H and O–H groups in total. The van der Waals surface area contributed by atoms with Gasteiger partial charge in [-0.2, -0.15) is 0 Å². The van der Waals surface area contributed by atoms with Gasteiger partial charge in [0, 0.05) is 6.04 Å². The third kappa shape index (κ3) is 4.42. The van der Waals surface area contributed by atoms with Crippen molar-refractivity contribution in [1.82, 2.24) is 5.32 Å². The molecule has 0 bridgehead atoms. The van der Waals surface area contributed by atoms with E-state index in [0.717, 1.165) is 43.3 Å². The van der Waals surface area contributed by atoms with Crippen LogP contribution in [0.3, 0.4) is 0 Å². The van der Waals surface area contributed by atoms with Crippen LogP contribution in [0.2, 0.25) is 5.02 Å². The summed E-state index contributed by atoms with van der Waals surface area (Å²) in [6.45, 7) is 6.73. The molecule has 0 radical (unpaired) electrons. The van der Waals surface area contributed by atoms with Gasteiger partial charge < -0.3 is 15.1 Å². The molecule has 1 aromatic rings. The van der Waals surface area contributed by atoms with Crippen molar-refractivity contribution in [3.63, 3.8) is 0 Å². The molecule has 132 valence electrons. The Morgan fingerprint density at radius 3 is 2.67 bits per heavy atom. The lowest BCUT2D eigenvalue weighted by molar-refractivity contribution is -0.892. The van der Waals surface area contributed by atoms with Crippen LogP contribution in [0.4, 0.5) is 5.69 Å². The minimum atomic E-state index is 0.218. The van der Waals surface area contributed by atoms with Crippen LogP contribution in [0, 0.1) is 5.92 Å². The highest BCUT2D eigenvalue weighted by Crippen LogP contribution is 2.25. The lowest BCUT2D eigenvalue weighted by atomic mass is 9.86. The molecule has 1 amide bonds. The molecule has 0 spiro atoms. The maximum atomic E-state index is 12.4. The average molecular weight is 351 g/mol. The molecule has 1 aliphatic heterocycles. The summed E-state index contributed by atoms with van der Waals surface area (Å²) in [5.41, 5.74) is 1.11. The molecule has 1 saturated carbocycles. The van der Waals surface area contributed by atoms with Gasteiger partial charge in [0.15, 0.2) is 6.54 Å². The Bertz CT molecular complexity index is 557. The van der Waals surface area contributed by atoms with Crippen molar-refractivity contribution >= 4 is 23.2 Å². The highest BCUT2D eigenvalue weighted by Gasteiger charge is 2.26. The third-order valence-electron chi connectivity index (χ3n) is 5.53. The Morgan fingerprint density at radius 1 is 1.25 bits per heavy atom. The molecule has 1 heterocycles. The number of carbonyl (C=O) groups is 1. The number of piperazine rings is 1. The van der Waals surface area contributed by atoms with Gasteiger partial charge in [0.05, 0.1) is 36.9 Å². The summed E-state index contributed by atoms with van der Waals surface area (Å²) in [4.78, 5) is 16.1. The quantitative estimate of drug-likeness (QED) is 0.868. The lowest BCUT2D eigenvalue weighted by Crippen LogP contribution is -3.16. The van der Waals surface area contributed by atoms with E-state index in [4.69, 9.17) is 11.6 Å². The van der Waals surface area contributed by atoms with Gasteiger partial charge in [-0.25, -0.2) is 0 Å². The summed E-state index contributed by atoms with van der Waals surface area (Å²) in [5, 5.41) is 4.08. The highest BCUT2D eigenvalue weighted by molar-refractivity contribution is 6.33. The van der Waals surface area contributed by atoms with Gasteiger partial charge in [0.1, 0.15) is 0 Å². The van der Waals surface area contributed by atoms with Crippen LogP contribution >= 0.6 is 11.6 Å². The molecule has 4 nitrogen and oxygen atoms in total. The lowest BCUT2D eigenvalue weighted by Gasteiger charge is -2.34. The largest absolute Gasteiger partial charge is 0.359 e. The number of hydrogen-bond acceptors (Lipinski definition) is 2. The smallest absolute Gasteiger partial charge is 0.275 e. The predicted octanol–water partition coefficient (Wildman–Crippen LogP) is 1.74. The molecule has 24 heavy (non-hydrogen) atoms.